The highest BCUT2D eigenvalue weighted by atomic mass is 16.5. The smallest absolute Gasteiger partial charge is 0.221 e. The average Bonchev–Trinajstić information content (AvgIpc) is 2.14. The van der Waals surface area contributed by atoms with Crippen molar-refractivity contribution in [3.8, 4) is 0 Å². The Kier molecular flexibility index (Phi) is 4.29. The van der Waals surface area contributed by atoms with Gasteiger partial charge in [-0.15, -0.1) is 0 Å². The predicted octanol–water partition coefficient (Wildman–Crippen LogP) is -0.454. The van der Waals surface area contributed by atoms with Gasteiger partial charge in [0.05, 0.1) is 11.7 Å². The van der Waals surface area contributed by atoms with Gasteiger partial charge in [-0.05, 0) is 13.8 Å². The lowest BCUT2D eigenvalue weighted by Gasteiger charge is -2.43. The summed E-state index contributed by atoms with van der Waals surface area (Å²) in [4.78, 5) is 13.2. The van der Waals surface area contributed by atoms with Crippen molar-refractivity contribution in [1.82, 2.24) is 4.90 Å². The minimum atomic E-state index is -0.256. The molecule has 2 atom stereocenters. The van der Waals surface area contributed by atoms with Crippen molar-refractivity contribution in [2.45, 2.75) is 32.5 Å². The van der Waals surface area contributed by atoms with E-state index in [2.05, 4.69) is 4.90 Å². The quantitative estimate of drug-likeness (QED) is 0.684. The van der Waals surface area contributed by atoms with Crippen LogP contribution in [0.1, 0.15) is 20.8 Å². The molecule has 1 aliphatic rings. The Labute approximate surface area is 97.1 Å². The van der Waals surface area contributed by atoms with Gasteiger partial charge in [-0.1, -0.05) is 6.92 Å². The first-order valence-electron chi connectivity index (χ1n) is 5.73. The van der Waals surface area contributed by atoms with Crippen molar-refractivity contribution in [3.63, 3.8) is 0 Å². The molecule has 1 amide bonds. The molecular weight excluding hydrogens is 206 g/mol. The number of amides is 1. The molecule has 0 saturated carbocycles. The SMILES string of the molecule is CC(CN1CC(CN)OC(C)(C)C1)C(N)=O. The van der Waals surface area contributed by atoms with Crippen molar-refractivity contribution in [1.29, 1.82) is 0 Å². The number of rotatable bonds is 4. The first-order chi connectivity index (χ1) is 7.34. The largest absolute Gasteiger partial charge is 0.369 e. The fraction of sp³-hybridized carbons (Fsp3) is 0.909. The predicted molar refractivity (Wildman–Crippen MR) is 62.8 cm³/mol. The van der Waals surface area contributed by atoms with E-state index in [-0.39, 0.29) is 23.5 Å². The number of hydrogen-bond acceptors (Lipinski definition) is 4. The number of hydrogen-bond donors (Lipinski definition) is 2. The fourth-order valence-corrected chi connectivity index (χ4v) is 2.16. The minimum absolute atomic E-state index is 0.0452. The lowest BCUT2D eigenvalue weighted by Crippen LogP contribution is -2.56. The molecule has 0 radical (unpaired) electrons. The topological polar surface area (TPSA) is 81.6 Å². The number of carbonyl (C=O) groups excluding carboxylic acids is 1. The number of ether oxygens (including phenoxy) is 1. The molecule has 1 heterocycles. The molecule has 0 aliphatic carbocycles. The average molecular weight is 229 g/mol. The maximum Gasteiger partial charge on any atom is 0.221 e. The van der Waals surface area contributed by atoms with Crippen LogP contribution in [0.2, 0.25) is 0 Å². The van der Waals surface area contributed by atoms with Gasteiger partial charge < -0.3 is 16.2 Å². The summed E-state index contributed by atoms with van der Waals surface area (Å²) in [7, 11) is 0. The molecule has 0 spiro atoms. The summed E-state index contributed by atoms with van der Waals surface area (Å²) < 4.78 is 5.81. The molecule has 5 heteroatoms. The van der Waals surface area contributed by atoms with Gasteiger partial charge in [0, 0.05) is 32.1 Å². The van der Waals surface area contributed by atoms with Gasteiger partial charge in [-0.3, -0.25) is 9.69 Å². The third-order valence-electron chi connectivity index (χ3n) is 2.83. The van der Waals surface area contributed by atoms with Crippen LogP contribution in [-0.2, 0) is 9.53 Å². The first-order valence-corrected chi connectivity index (χ1v) is 5.73. The second-order valence-corrected chi connectivity index (χ2v) is 5.23. The molecule has 2 unspecified atom stereocenters. The van der Waals surface area contributed by atoms with Crippen molar-refractivity contribution in [2.24, 2.45) is 17.4 Å². The van der Waals surface area contributed by atoms with E-state index in [1.165, 1.54) is 0 Å². The number of carbonyl (C=O) groups is 1. The second-order valence-electron chi connectivity index (χ2n) is 5.23. The van der Waals surface area contributed by atoms with Gasteiger partial charge in [-0.25, -0.2) is 0 Å². The third kappa shape index (κ3) is 3.73. The molecule has 94 valence electrons. The summed E-state index contributed by atoms with van der Waals surface area (Å²) in [6.07, 6.45) is 0.0452. The van der Waals surface area contributed by atoms with Crippen LogP contribution in [0, 0.1) is 5.92 Å². The third-order valence-corrected chi connectivity index (χ3v) is 2.83. The summed E-state index contributed by atoms with van der Waals surface area (Å²) in [5.41, 5.74) is 10.7. The van der Waals surface area contributed by atoms with Gasteiger partial charge in [0.2, 0.25) is 5.91 Å². The summed E-state index contributed by atoms with van der Waals surface area (Å²) >= 11 is 0. The Balaban J connectivity index is 2.56. The van der Waals surface area contributed by atoms with E-state index in [1.54, 1.807) is 0 Å². The number of morpholine rings is 1. The maximum atomic E-state index is 11.0. The summed E-state index contributed by atoms with van der Waals surface area (Å²) in [6, 6.07) is 0. The lowest BCUT2D eigenvalue weighted by molar-refractivity contribution is -0.138. The van der Waals surface area contributed by atoms with Crippen LogP contribution >= 0.6 is 0 Å². The summed E-state index contributed by atoms with van der Waals surface area (Å²) in [5.74, 6) is -0.388. The van der Waals surface area contributed by atoms with Crippen molar-refractivity contribution < 1.29 is 9.53 Å². The molecule has 0 aromatic heterocycles. The van der Waals surface area contributed by atoms with Crippen LogP contribution in [0.3, 0.4) is 0 Å². The van der Waals surface area contributed by atoms with Gasteiger partial charge in [0.25, 0.3) is 0 Å². The molecule has 0 aromatic rings. The molecule has 0 bridgehead atoms. The normalized spacial score (nSPS) is 27.6. The Bertz CT molecular complexity index is 256. The molecule has 1 saturated heterocycles. The zero-order valence-electron chi connectivity index (χ0n) is 10.4. The van der Waals surface area contributed by atoms with Gasteiger partial charge in [0.1, 0.15) is 0 Å². The van der Waals surface area contributed by atoms with E-state index < -0.39 is 0 Å². The monoisotopic (exact) mass is 229 g/mol. The molecule has 1 aliphatic heterocycles. The summed E-state index contributed by atoms with van der Waals surface area (Å²) in [6.45, 7) is 8.69. The molecule has 1 rings (SSSR count). The first kappa shape index (κ1) is 13.4. The lowest BCUT2D eigenvalue weighted by atomic mass is 10.0. The van der Waals surface area contributed by atoms with Crippen LogP contribution in [0.4, 0.5) is 0 Å². The molecule has 16 heavy (non-hydrogen) atoms. The van der Waals surface area contributed by atoms with Crippen LogP contribution < -0.4 is 11.5 Å². The second kappa shape index (κ2) is 5.12. The van der Waals surface area contributed by atoms with E-state index in [1.807, 2.05) is 20.8 Å². The minimum Gasteiger partial charge on any atom is -0.369 e. The maximum absolute atomic E-state index is 11.0. The highest BCUT2D eigenvalue weighted by Crippen LogP contribution is 2.21. The van der Waals surface area contributed by atoms with Crippen LogP contribution in [0.25, 0.3) is 0 Å². The molecule has 0 aromatic carbocycles. The van der Waals surface area contributed by atoms with Crippen LogP contribution in [0.5, 0.6) is 0 Å². The number of nitrogens with two attached hydrogens (primary N) is 2. The fourth-order valence-electron chi connectivity index (χ4n) is 2.16. The Morgan fingerprint density at radius 3 is 2.75 bits per heavy atom. The zero-order chi connectivity index (χ0) is 12.3. The van der Waals surface area contributed by atoms with Gasteiger partial charge in [-0.2, -0.15) is 0 Å². The molecule has 1 fully saturated rings. The van der Waals surface area contributed by atoms with Gasteiger partial charge in [0.15, 0.2) is 0 Å². The van der Waals surface area contributed by atoms with E-state index in [0.29, 0.717) is 13.1 Å². The molecule has 4 N–H and O–H groups in total. The van der Waals surface area contributed by atoms with Gasteiger partial charge >= 0.3 is 0 Å². The molecule has 5 nitrogen and oxygen atoms in total. The van der Waals surface area contributed by atoms with E-state index in [9.17, 15) is 4.79 Å². The Morgan fingerprint density at radius 2 is 2.25 bits per heavy atom. The van der Waals surface area contributed by atoms with E-state index in [4.69, 9.17) is 16.2 Å². The Morgan fingerprint density at radius 1 is 1.62 bits per heavy atom. The molecular formula is C11H23N3O2. The van der Waals surface area contributed by atoms with Crippen LogP contribution in [0.15, 0.2) is 0 Å². The number of primary amides is 1. The van der Waals surface area contributed by atoms with Crippen molar-refractivity contribution in [2.75, 3.05) is 26.2 Å². The highest BCUT2D eigenvalue weighted by Gasteiger charge is 2.33. The Hall–Kier alpha value is -0.650. The van der Waals surface area contributed by atoms with Crippen molar-refractivity contribution in [3.05, 3.63) is 0 Å². The highest BCUT2D eigenvalue weighted by molar-refractivity contribution is 5.76. The van der Waals surface area contributed by atoms with Crippen LogP contribution in [-0.4, -0.2) is 48.7 Å². The van der Waals surface area contributed by atoms with E-state index in [0.717, 1.165) is 13.1 Å². The number of nitrogens with zero attached hydrogens (tertiary/aromatic N) is 1. The zero-order valence-corrected chi connectivity index (χ0v) is 10.4. The van der Waals surface area contributed by atoms with Crippen molar-refractivity contribution >= 4 is 5.91 Å². The van der Waals surface area contributed by atoms with E-state index >= 15 is 0 Å². The summed E-state index contributed by atoms with van der Waals surface area (Å²) in [5, 5.41) is 0. The standard InChI is InChI=1S/C11H23N3O2/c1-8(10(13)15)5-14-6-9(4-12)16-11(2,3)7-14/h8-9H,4-7,12H2,1-3H3,(H2,13,15).